The monoisotopic (exact) mass is 424 g/mol. The molecular formula is C24H28N2O3S. The fourth-order valence-electron chi connectivity index (χ4n) is 4.29. The fraction of sp³-hybridized carbons (Fsp3) is 0.458. The highest BCUT2D eigenvalue weighted by Crippen LogP contribution is 2.34. The van der Waals surface area contributed by atoms with E-state index in [4.69, 9.17) is 9.72 Å². The lowest BCUT2D eigenvalue weighted by atomic mass is 9.89. The Morgan fingerprint density at radius 3 is 2.73 bits per heavy atom. The molecule has 3 aromatic rings. The Kier molecular flexibility index (Phi) is 6.04. The summed E-state index contributed by atoms with van der Waals surface area (Å²) >= 11 is 1.53. The SMILES string of the molecule is COC(=O)CCCn1c(C(C)C)nc2scc(-c3ccc4c(c3)CCCC4)c2c1=O. The third-order valence-corrected chi connectivity index (χ3v) is 6.76. The summed E-state index contributed by atoms with van der Waals surface area (Å²) in [6.45, 7) is 4.55. The highest BCUT2D eigenvalue weighted by Gasteiger charge is 2.20. The molecule has 0 N–H and O–H groups in total. The van der Waals surface area contributed by atoms with Crippen LogP contribution in [-0.4, -0.2) is 22.6 Å². The summed E-state index contributed by atoms with van der Waals surface area (Å²) in [5.74, 6) is 0.638. The van der Waals surface area contributed by atoms with Crippen LogP contribution in [0.5, 0.6) is 0 Å². The van der Waals surface area contributed by atoms with E-state index in [0.717, 1.165) is 34.6 Å². The molecular weight excluding hydrogens is 396 g/mol. The van der Waals surface area contributed by atoms with Gasteiger partial charge in [-0.1, -0.05) is 32.0 Å². The second-order valence-electron chi connectivity index (χ2n) is 8.28. The third-order valence-electron chi connectivity index (χ3n) is 5.89. The number of fused-ring (bicyclic) bond motifs is 2. The highest BCUT2D eigenvalue weighted by molar-refractivity contribution is 7.17. The van der Waals surface area contributed by atoms with Crippen LogP contribution in [0.1, 0.15) is 62.4 Å². The van der Waals surface area contributed by atoms with E-state index in [0.29, 0.717) is 24.8 Å². The average Bonchev–Trinajstić information content (AvgIpc) is 3.18. The number of ether oxygens (including phenoxy) is 1. The minimum Gasteiger partial charge on any atom is -0.469 e. The van der Waals surface area contributed by atoms with Crippen LogP contribution in [-0.2, 0) is 28.9 Å². The number of rotatable bonds is 6. The van der Waals surface area contributed by atoms with Crippen LogP contribution in [0, 0.1) is 0 Å². The van der Waals surface area contributed by atoms with E-state index in [1.807, 2.05) is 13.8 Å². The van der Waals surface area contributed by atoms with Crippen molar-refractivity contribution >= 4 is 27.5 Å². The summed E-state index contributed by atoms with van der Waals surface area (Å²) in [7, 11) is 1.39. The number of esters is 1. The summed E-state index contributed by atoms with van der Waals surface area (Å²) in [5.41, 5.74) is 4.90. The second-order valence-corrected chi connectivity index (χ2v) is 9.14. The van der Waals surface area contributed by atoms with Crippen molar-refractivity contribution in [3.63, 3.8) is 0 Å². The van der Waals surface area contributed by atoms with Crippen molar-refractivity contribution in [1.29, 1.82) is 0 Å². The van der Waals surface area contributed by atoms with Crippen molar-refractivity contribution in [1.82, 2.24) is 9.55 Å². The predicted molar refractivity (Wildman–Crippen MR) is 121 cm³/mol. The molecule has 0 spiro atoms. The molecule has 0 amide bonds. The van der Waals surface area contributed by atoms with Gasteiger partial charge in [-0.2, -0.15) is 0 Å². The number of aromatic nitrogens is 2. The molecule has 0 radical (unpaired) electrons. The van der Waals surface area contributed by atoms with Gasteiger partial charge in [-0.05, 0) is 48.8 Å². The third kappa shape index (κ3) is 3.93. The number of carbonyl (C=O) groups excluding carboxylic acids is 1. The lowest BCUT2D eigenvalue weighted by Gasteiger charge is -2.17. The minimum atomic E-state index is -0.256. The molecule has 1 aliphatic rings. The van der Waals surface area contributed by atoms with Gasteiger partial charge in [0.2, 0.25) is 0 Å². The lowest BCUT2D eigenvalue weighted by molar-refractivity contribution is -0.140. The molecule has 0 saturated carbocycles. The number of thiophene rings is 1. The van der Waals surface area contributed by atoms with Crippen LogP contribution in [0.3, 0.4) is 0 Å². The van der Waals surface area contributed by atoms with E-state index in [2.05, 4.69) is 23.6 Å². The Morgan fingerprint density at radius 1 is 1.23 bits per heavy atom. The topological polar surface area (TPSA) is 61.2 Å². The first-order chi connectivity index (χ1) is 14.5. The first-order valence-corrected chi connectivity index (χ1v) is 11.6. The number of nitrogens with zero attached hydrogens (tertiary/aromatic N) is 2. The number of benzene rings is 1. The maximum Gasteiger partial charge on any atom is 0.305 e. The smallest absolute Gasteiger partial charge is 0.305 e. The van der Waals surface area contributed by atoms with Gasteiger partial charge in [-0.15, -0.1) is 11.3 Å². The van der Waals surface area contributed by atoms with Crippen LogP contribution in [0.15, 0.2) is 28.4 Å². The quantitative estimate of drug-likeness (QED) is 0.518. The molecule has 0 saturated heterocycles. The zero-order valence-corrected chi connectivity index (χ0v) is 18.7. The maximum atomic E-state index is 13.6. The number of methoxy groups -OCH3 is 1. The van der Waals surface area contributed by atoms with Gasteiger partial charge in [0.15, 0.2) is 0 Å². The molecule has 1 aromatic carbocycles. The van der Waals surface area contributed by atoms with Crippen LogP contribution in [0.25, 0.3) is 21.3 Å². The van der Waals surface area contributed by atoms with Crippen LogP contribution >= 0.6 is 11.3 Å². The standard InChI is InChI=1S/C24H28N2O3S/c1-15(2)22-25-23-21(24(28)26(22)12-6-9-20(27)29-3)19(14-30-23)18-11-10-16-7-4-5-8-17(16)13-18/h10-11,13-15H,4-9,12H2,1-3H3. The predicted octanol–water partition coefficient (Wildman–Crippen LogP) is 5.08. The van der Waals surface area contributed by atoms with Gasteiger partial charge in [0.1, 0.15) is 10.7 Å². The maximum absolute atomic E-state index is 13.6. The number of hydrogen-bond acceptors (Lipinski definition) is 5. The summed E-state index contributed by atoms with van der Waals surface area (Å²) in [4.78, 5) is 30.7. The zero-order valence-electron chi connectivity index (χ0n) is 17.9. The van der Waals surface area contributed by atoms with E-state index in [1.165, 1.54) is 42.4 Å². The van der Waals surface area contributed by atoms with E-state index in [-0.39, 0.29) is 17.4 Å². The van der Waals surface area contributed by atoms with Crippen molar-refractivity contribution in [2.75, 3.05) is 7.11 Å². The first-order valence-electron chi connectivity index (χ1n) is 10.7. The van der Waals surface area contributed by atoms with Crippen molar-refractivity contribution < 1.29 is 9.53 Å². The van der Waals surface area contributed by atoms with Crippen molar-refractivity contribution in [2.45, 2.75) is 64.8 Å². The molecule has 2 aromatic heterocycles. The van der Waals surface area contributed by atoms with Gasteiger partial charge < -0.3 is 4.74 Å². The van der Waals surface area contributed by atoms with Gasteiger partial charge >= 0.3 is 5.97 Å². The number of hydrogen-bond donors (Lipinski definition) is 0. The van der Waals surface area contributed by atoms with E-state index >= 15 is 0 Å². The van der Waals surface area contributed by atoms with E-state index in [1.54, 1.807) is 4.57 Å². The molecule has 0 fully saturated rings. The van der Waals surface area contributed by atoms with Gasteiger partial charge in [0.05, 0.1) is 12.5 Å². The normalized spacial score (nSPS) is 13.6. The molecule has 30 heavy (non-hydrogen) atoms. The van der Waals surface area contributed by atoms with Gasteiger partial charge in [-0.25, -0.2) is 4.98 Å². The zero-order chi connectivity index (χ0) is 21.3. The molecule has 6 heteroatoms. The van der Waals surface area contributed by atoms with Crippen molar-refractivity contribution in [3.05, 3.63) is 50.9 Å². The van der Waals surface area contributed by atoms with Gasteiger partial charge in [0.25, 0.3) is 5.56 Å². The molecule has 1 aliphatic carbocycles. The number of carbonyl (C=O) groups is 1. The van der Waals surface area contributed by atoms with Crippen LogP contribution < -0.4 is 5.56 Å². The Morgan fingerprint density at radius 2 is 2.00 bits per heavy atom. The van der Waals surface area contributed by atoms with Gasteiger partial charge in [0, 0.05) is 29.8 Å². The fourth-order valence-corrected chi connectivity index (χ4v) is 5.24. The Balaban J connectivity index is 1.78. The molecule has 158 valence electrons. The molecule has 0 atom stereocenters. The summed E-state index contributed by atoms with van der Waals surface area (Å²) in [6, 6.07) is 6.62. The van der Waals surface area contributed by atoms with E-state index < -0.39 is 0 Å². The Bertz CT molecular complexity index is 1140. The lowest BCUT2D eigenvalue weighted by Crippen LogP contribution is -2.26. The number of aryl methyl sites for hydroxylation is 2. The summed E-state index contributed by atoms with van der Waals surface area (Å²) in [6.07, 6.45) is 5.59. The largest absolute Gasteiger partial charge is 0.469 e. The molecule has 5 nitrogen and oxygen atoms in total. The van der Waals surface area contributed by atoms with Crippen LogP contribution in [0.2, 0.25) is 0 Å². The second kappa shape index (κ2) is 8.72. The molecule has 0 bridgehead atoms. The van der Waals surface area contributed by atoms with Crippen LogP contribution in [0.4, 0.5) is 0 Å². The Labute approximate surface area is 180 Å². The minimum absolute atomic E-state index is 0.0115. The van der Waals surface area contributed by atoms with Crippen molar-refractivity contribution in [2.24, 2.45) is 0 Å². The molecule has 2 heterocycles. The highest BCUT2D eigenvalue weighted by atomic mass is 32.1. The summed E-state index contributed by atoms with van der Waals surface area (Å²) < 4.78 is 6.49. The molecule has 4 rings (SSSR count). The molecule has 0 unspecified atom stereocenters. The van der Waals surface area contributed by atoms with Gasteiger partial charge in [-0.3, -0.25) is 14.2 Å². The first kappa shape index (κ1) is 20.8. The molecule has 0 aliphatic heterocycles. The van der Waals surface area contributed by atoms with Crippen molar-refractivity contribution in [3.8, 4) is 11.1 Å². The van der Waals surface area contributed by atoms with E-state index in [9.17, 15) is 9.59 Å². The Hall–Kier alpha value is -2.47. The average molecular weight is 425 g/mol. The summed E-state index contributed by atoms with van der Waals surface area (Å²) in [5, 5.41) is 2.75.